The number of rotatable bonds is 2. The van der Waals surface area contributed by atoms with Crippen molar-refractivity contribution in [3.05, 3.63) is 12.1 Å². The maximum atomic E-state index is 11.0. The third kappa shape index (κ3) is 2.19. The number of phenolic OH excluding ortho intramolecular Hbond substituents is 2. The van der Waals surface area contributed by atoms with Gasteiger partial charge in [0.25, 0.3) is 0 Å². The SMILES string of the molecule is NS(=O)(=O)c1cc(O)cc(O)c1OI. The van der Waals surface area contributed by atoms with Gasteiger partial charge in [-0.15, -0.1) is 0 Å². The number of hydrogen-bond acceptors (Lipinski definition) is 5. The number of benzene rings is 1. The molecule has 0 aliphatic carbocycles. The van der Waals surface area contributed by atoms with Crippen molar-refractivity contribution in [2.45, 2.75) is 4.90 Å². The Morgan fingerprint density at radius 1 is 1.36 bits per heavy atom. The summed E-state index contributed by atoms with van der Waals surface area (Å²) in [6.07, 6.45) is 0. The molecule has 0 aliphatic heterocycles. The molecule has 0 aliphatic rings. The number of primary sulfonamides is 1. The molecule has 78 valence electrons. The normalized spacial score (nSPS) is 11.3. The molecular formula is C6H6INO5S. The maximum Gasteiger partial charge on any atom is 0.242 e. The maximum absolute atomic E-state index is 11.0. The Kier molecular flexibility index (Phi) is 3.07. The van der Waals surface area contributed by atoms with Crippen LogP contribution in [-0.4, -0.2) is 18.6 Å². The Labute approximate surface area is 94.0 Å². The van der Waals surface area contributed by atoms with E-state index in [9.17, 15) is 13.5 Å². The number of aromatic hydroxyl groups is 2. The van der Waals surface area contributed by atoms with Gasteiger partial charge in [0.2, 0.25) is 10.0 Å². The Morgan fingerprint density at radius 2 is 1.93 bits per heavy atom. The lowest BCUT2D eigenvalue weighted by Crippen LogP contribution is -2.12. The molecular weight excluding hydrogens is 325 g/mol. The van der Waals surface area contributed by atoms with Gasteiger partial charge in [-0.25, -0.2) is 13.6 Å². The fraction of sp³-hybridized carbons (Fsp3) is 0. The number of sulfonamides is 1. The molecule has 0 atom stereocenters. The van der Waals surface area contributed by atoms with Crippen LogP contribution in [0.2, 0.25) is 0 Å². The summed E-state index contributed by atoms with van der Waals surface area (Å²) in [5.74, 6) is -1.21. The minimum absolute atomic E-state index is 0.300. The van der Waals surface area contributed by atoms with Gasteiger partial charge in [-0.05, 0) is 0 Å². The molecule has 1 rings (SSSR count). The zero-order chi connectivity index (χ0) is 10.9. The van der Waals surface area contributed by atoms with E-state index in [1.165, 1.54) is 23.0 Å². The van der Waals surface area contributed by atoms with Gasteiger partial charge in [0, 0.05) is 12.1 Å². The largest absolute Gasteiger partial charge is 0.508 e. The van der Waals surface area contributed by atoms with Crippen molar-refractivity contribution in [3.63, 3.8) is 0 Å². The summed E-state index contributed by atoms with van der Waals surface area (Å²) in [4.78, 5) is -0.468. The molecule has 14 heavy (non-hydrogen) atoms. The fourth-order valence-electron chi connectivity index (χ4n) is 0.862. The summed E-state index contributed by atoms with van der Waals surface area (Å²) >= 11 is 1.39. The minimum Gasteiger partial charge on any atom is -0.508 e. The molecule has 0 amide bonds. The second kappa shape index (κ2) is 3.79. The summed E-state index contributed by atoms with van der Waals surface area (Å²) in [6.45, 7) is 0. The van der Waals surface area contributed by atoms with Crippen molar-refractivity contribution in [2.24, 2.45) is 5.14 Å². The van der Waals surface area contributed by atoms with Gasteiger partial charge in [-0.3, -0.25) is 0 Å². The van der Waals surface area contributed by atoms with Gasteiger partial charge in [0.05, 0.1) is 0 Å². The van der Waals surface area contributed by atoms with Crippen molar-refractivity contribution in [1.82, 2.24) is 0 Å². The minimum atomic E-state index is -4.04. The average Bonchev–Trinajstić information content (AvgIpc) is 2.01. The van der Waals surface area contributed by atoms with E-state index in [0.29, 0.717) is 0 Å². The summed E-state index contributed by atoms with van der Waals surface area (Å²) < 4.78 is 26.6. The molecule has 0 unspecified atom stereocenters. The first kappa shape index (κ1) is 11.3. The van der Waals surface area contributed by atoms with E-state index < -0.39 is 26.4 Å². The molecule has 0 aromatic heterocycles. The lowest BCUT2D eigenvalue weighted by atomic mass is 10.3. The highest BCUT2D eigenvalue weighted by Crippen LogP contribution is 2.37. The zero-order valence-electron chi connectivity index (χ0n) is 6.64. The second-order valence-corrected chi connectivity index (χ2v) is 4.38. The first-order valence-electron chi connectivity index (χ1n) is 3.23. The van der Waals surface area contributed by atoms with Gasteiger partial charge < -0.3 is 13.3 Å². The van der Waals surface area contributed by atoms with Crippen LogP contribution in [-0.2, 0) is 10.0 Å². The molecule has 8 heteroatoms. The number of halogens is 1. The van der Waals surface area contributed by atoms with Crippen LogP contribution in [0, 0.1) is 0 Å². The number of nitrogens with two attached hydrogens (primary N) is 1. The molecule has 4 N–H and O–H groups in total. The molecule has 0 radical (unpaired) electrons. The highest BCUT2D eigenvalue weighted by molar-refractivity contribution is 14.1. The molecule has 1 aromatic rings. The predicted octanol–water partition coefficient (Wildman–Crippen LogP) is 0.474. The van der Waals surface area contributed by atoms with E-state index in [1.54, 1.807) is 0 Å². The first-order valence-corrected chi connectivity index (χ1v) is 5.66. The van der Waals surface area contributed by atoms with Crippen molar-refractivity contribution in [2.75, 3.05) is 0 Å². The molecule has 6 nitrogen and oxygen atoms in total. The van der Waals surface area contributed by atoms with Crippen LogP contribution in [0.15, 0.2) is 17.0 Å². The van der Waals surface area contributed by atoms with Gasteiger partial charge in [-0.2, -0.15) is 0 Å². The zero-order valence-corrected chi connectivity index (χ0v) is 9.61. The predicted molar refractivity (Wildman–Crippen MR) is 55.8 cm³/mol. The molecule has 0 spiro atoms. The number of hydrogen-bond donors (Lipinski definition) is 3. The van der Waals surface area contributed by atoms with Crippen LogP contribution >= 0.6 is 23.0 Å². The second-order valence-electron chi connectivity index (χ2n) is 2.41. The summed E-state index contributed by atoms with van der Waals surface area (Å²) in [6, 6.07) is 1.84. The van der Waals surface area contributed by atoms with Crippen molar-refractivity contribution in [1.29, 1.82) is 0 Å². The molecule has 1 aromatic carbocycles. The summed E-state index contributed by atoms with van der Waals surface area (Å²) in [7, 11) is -4.04. The quantitative estimate of drug-likeness (QED) is 0.683. The first-order chi connectivity index (χ1) is 6.36. The molecule has 0 saturated carbocycles. The van der Waals surface area contributed by atoms with E-state index in [1.807, 2.05) is 0 Å². The van der Waals surface area contributed by atoms with Crippen LogP contribution in [0.1, 0.15) is 0 Å². The van der Waals surface area contributed by atoms with Crippen LogP contribution in [0.3, 0.4) is 0 Å². The van der Waals surface area contributed by atoms with Gasteiger partial charge in [0.15, 0.2) is 34.5 Å². The summed E-state index contributed by atoms with van der Waals surface area (Å²) in [5, 5.41) is 23.1. The Bertz CT molecular complexity index is 458. The molecule has 0 saturated heterocycles. The molecule has 0 heterocycles. The smallest absolute Gasteiger partial charge is 0.242 e. The van der Waals surface area contributed by atoms with Crippen molar-refractivity contribution in [3.8, 4) is 17.2 Å². The van der Waals surface area contributed by atoms with Gasteiger partial charge in [0.1, 0.15) is 10.6 Å². The van der Waals surface area contributed by atoms with Gasteiger partial charge >= 0.3 is 0 Å². The summed E-state index contributed by atoms with van der Waals surface area (Å²) in [5.41, 5.74) is 0. The van der Waals surface area contributed by atoms with E-state index in [-0.39, 0.29) is 5.75 Å². The van der Waals surface area contributed by atoms with E-state index in [2.05, 4.69) is 3.07 Å². The highest BCUT2D eigenvalue weighted by Gasteiger charge is 2.20. The Balaban J connectivity index is 3.56. The topological polar surface area (TPSA) is 110 Å². The molecule has 0 fully saturated rings. The lowest BCUT2D eigenvalue weighted by Gasteiger charge is -2.07. The number of phenols is 2. The standard InChI is InChI=1S/C6H6INO5S/c7-13-6-4(10)1-3(9)2-5(6)14(8,11)12/h1-2,9-10H,(H2,8,11,12). The van der Waals surface area contributed by atoms with Crippen LogP contribution in [0.5, 0.6) is 17.2 Å². The van der Waals surface area contributed by atoms with Crippen molar-refractivity contribution >= 4 is 33.0 Å². The Morgan fingerprint density at radius 3 is 2.36 bits per heavy atom. The van der Waals surface area contributed by atoms with Gasteiger partial charge in [-0.1, -0.05) is 0 Å². The monoisotopic (exact) mass is 331 g/mol. The third-order valence-electron chi connectivity index (χ3n) is 1.40. The lowest BCUT2D eigenvalue weighted by molar-refractivity contribution is 0.432. The van der Waals surface area contributed by atoms with E-state index in [4.69, 9.17) is 10.2 Å². The third-order valence-corrected chi connectivity index (χ3v) is 2.76. The molecule has 0 bridgehead atoms. The fourth-order valence-corrected chi connectivity index (χ4v) is 2.16. The average molecular weight is 331 g/mol. The highest BCUT2D eigenvalue weighted by atomic mass is 127. The Hall–Kier alpha value is -0.740. The van der Waals surface area contributed by atoms with E-state index in [0.717, 1.165) is 12.1 Å². The van der Waals surface area contributed by atoms with Crippen LogP contribution < -0.4 is 8.21 Å². The van der Waals surface area contributed by atoms with Crippen molar-refractivity contribution < 1.29 is 21.7 Å². The van der Waals surface area contributed by atoms with Crippen LogP contribution in [0.25, 0.3) is 0 Å². The van der Waals surface area contributed by atoms with E-state index >= 15 is 0 Å². The van der Waals surface area contributed by atoms with Crippen LogP contribution in [0.4, 0.5) is 0 Å².